The summed E-state index contributed by atoms with van der Waals surface area (Å²) in [6, 6.07) is 18.8. The van der Waals surface area contributed by atoms with Crippen LogP contribution in [0.25, 0.3) is 0 Å². The van der Waals surface area contributed by atoms with Crippen LogP contribution in [0.2, 0.25) is 0 Å². The van der Waals surface area contributed by atoms with E-state index in [-0.39, 0.29) is 5.97 Å². The van der Waals surface area contributed by atoms with Gasteiger partial charge in [-0.15, -0.1) is 0 Å². The summed E-state index contributed by atoms with van der Waals surface area (Å²) in [5.41, 5.74) is 2.69. The molecule has 0 N–H and O–H groups in total. The van der Waals surface area contributed by atoms with E-state index in [1.165, 1.54) is 56.1 Å². The van der Waals surface area contributed by atoms with Crippen LogP contribution in [0.15, 0.2) is 54.6 Å². The van der Waals surface area contributed by atoms with E-state index in [9.17, 15) is 4.79 Å². The number of benzene rings is 2. The van der Waals surface area contributed by atoms with Gasteiger partial charge in [0.15, 0.2) is 0 Å². The van der Waals surface area contributed by atoms with Crippen molar-refractivity contribution in [2.45, 2.75) is 104 Å². The van der Waals surface area contributed by atoms with Crippen LogP contribution < -0.4 is 4.74 Å². The van der Waals surface area contributed by atoms with Crippen LogP contribution in [-0.4, -0.2) is 37.4 Å². The molecule has 0 aliphatic rings. The number of unbranched alkanes of at least 4 members (excludes halogenated alkanes) is 7. The molecule has 0 bridgehead atoms. The SMILES string of the molecule is CCCCCCCCCc1ccc(OC(CC)OC(=O)CCCC[N+](C)(C)Cc2ccccc2)cc1. The van der Waals surface area contributed by atoms with Crippen LogP contribution in [0.5, 0.6) is 5.75 Å². The Kier molecular flexibility index (Phi) is 14.3. The van der Waals surface area contributed by atoms with E-state index in [2.05, 4.69) is 63.5 Å². The average Bonchev–Trinajstić information content (AvgIpc) is 2.87. The summed E-state index contributed by atoms with van der Waals surface area (Å²) in [4.78, 5) is 12.4. The summed E-state index contributed by atoms with van der Waals surface area (Å²) in [6.45, 7) is 6.27. The first kappa shape index (κ1) is 29.9. The first-order valence-electron chi connectivity index (χ1n) is 14.2. The summed E-state index contributed by atoms with van der Waals surface area (Å²) in [7, 11) is 4.48. The highest BCUT2D eigenvalue weighted by atomic mass is 16.7. The van der Waals surface area contributed by atoms with E-state index in [4.69, 9.17) is 9.47 Å². The van der Waals surface area contributed by atoms with Crippen LogP contribution in [0.3, 0.4) is 0 Å². The third kappa shape index (κ3) is 13.1. The van der Waals surface area contributed by atoms with Gasteiger partial charge in [-0.05, 0) is 43.4 Å². The molecule has 0 saturated carbocycles. The van der Waals surface area contributed by atoms with Crippen LogP contribution in [0, 0.1) is 0 Å². The Balaban J connectivity index is 1.63. The number of esters is 1. The molecule has 2 aromatic rings. The monoisotopic (exact) mass is 496 g/mol. The molecule has 0 heterocycles. The van der Waals surface area contributed by atoms with Gasteiger partial charge in [-0.2, -0.15) is 0 Å². The number of aryl methyl sites for hydroxylation is 1. The number of quaternary nitrogens is 1. The smallest absolute Gasteiger partial charge is 0.308 e. The zero-order valence-electron chi connectivity index (χ0n) is 23.3. The Bertz CT molecular complexity index is 832. The molecule has 0 amide bonds. The predicted octanol–water partition coefficient (Wildman–Crippen LogP) is 8.08. The molecule has 2 rings (SSSR count). The fraction of sp³-hybridized carbons (Fsp3) is 0.594. The van der Waals surface area contributed by atoms with Gasteiger partial charge in [-0.1, -0.05) is 94.8 Å². The number of hydrogen-bond donors (Lipinski definition) is 0. The maximum atomic E-state index is 12.4. The Morgan fingerprint density at radius 3 is 2.11 bits per heavy atom. The maximum Gasteiger partial charge on any atom is 0.308 e. The molecular formula is C32H50NO3+. The minimum absolute atomic E-state index is 0.175. The van der Waals surface area contributed by atoms with Gasteiger partial charge < -0.3 is 14.0 Å². The molecule has 4 heteroatoms. The summed E-state index contributed by atoms with van der Waals surface area (Å²) < 4.78 is 12.5. The summed E-state index contributed by atoms with van der Waals surface area (Å²) >= 11 is 0. The summed E-state index contributed by atoms with van der Waals surface area (Å²) in [5.74, 6) is 0.587. The van der Waals surface area contributed by atoms with E-state index >= 15 is 0 Å². The Morgan fingerprint density at radius 2 is 1.44 bits per heavy atom. The second-order valence-electron chi connectivity index (χ2n) is 10.7. The first-order chi connectivity index (χ1) is 17.4. The molecule has 0 aliphatic heterocycles. The van der Waals surface area contributed by atoms with E-state index in [1.807, 2.05) is 19.1 Å². The number of carbonyl (C=O) groups is 1. The van der Waals surface area contributed by atoms with Gasteiger partial charge in [0.1, 0.15) is 12.3 Å². The molecule has 200 valence electrons. The second-order valence-corrected chi connectivity index (χ2v) is 10.7. The number of hydrogen-bond acceptors (Lipinski definition) is 3. The van der Waals surface area contributed by atoms with Crippen molar-refractivity contribution in [3.8, 4) is 5.75 Å². The van der Waals surface area contributed by atoms with Crippen molar-refractivity contribution in [2.24, 2.45) is 0 Å². The highest BCUT2D eigenvalue weighted by Crippen LogP contribution is 2.18. The fourth-order valence-electron chi connectivity index (χ4n) is 4.53. The van der Waals surface area contributed by atoms with Gasteiger partial charge in [0.05, 0.1) is 20.6 Å². The normalized spacial score (nSPS) is 12.3. The Morgan fingerprint density at radius 1 is 0.778 bits per heavy atom. The van der Waals surface area contributed by atoms with Gasteiger partial charge >= 0.3 is 5.97 Å². The molecule has 0 saturated heterocycles. The van der Waals surface area contributed by atoms with Gasteiger partial charge in [-0.3, -0.25) is 4.79 Å². The van der Waals surface area contributed by atoms with Gasteiger partial charge in [0.2, 0.25) is 6.29 Å². The lowest BCUT2D eigenvalue weighted by atomic mass is 10.0. The van der Waals surface area contributed by atoms with Crippen molar-refractivity contribution in [3.05, 3.63) is 65.7 Å². The van der Waals surface area contributed by atoms with Gasteiger partial charge in [-0.25, -0.2) is 0 Å². The molecule has 2 aromatic carbocycles. The minimum Gasteiger partial charge on any atom is -0.455 e. The lowest BCUT2D eigenvalue weighted by Crippen LogP contribution is -2.39. The molecule has 0 spiro atoms. The first-order valence-corrected chi connectivity index (χ1v) is 14.2. The van der Waals surface area contributed by atoms with Crippen molar-refractivity contribution < 1.29 is 18.8 Å². The lowest BCUT2D eigenvalue weighted by molar-refractivity contribution is -0.903. The topological polar surface area (TPSA) is 35.5 Å². The summed E-state index contributed by atoms with van der Waals surface area (Å²) in [5, 5.41) is 0. The van der Waals surface area contributed by atoms with Gasteiger partial charge in [0.25, 0.3) is 0 Å². The maximum absolute atomic E-state index is 12.4. The van der Waals surface area contributed by atoms with Crippen LogP contribution in [-0.2, 0) is 22.5 Å². The quantitative estimate of drug-likeness (QED) is 0.0853. The fourth-order valence-corrected chi connectivity index (χ4v) is 4.53. The minimum atomic E-state index is -0.531. The van der Waals surface area contributed by atoms with Crippen molar-refractivity contribution in [1.29, 1.82) is 0 Å². The highest BCUT2D eigenvalue weighted by Gasteiger charge is 2.17. The number of rotatable bonds is 19. The Hall–Kier alpha value is -2.33. The van der Waals surface area contributed by atoms with Crippen molar-refractivity contribution in [3.63, 3.8) is 0 Å². The predicted molar refractivity (Wildman–Crippen MR) is 150 cm³/mol. The molecule has 1 unspecified atom stereocenters. The van der Waals surface area contributed by atoms with Crippen LogP contribution in [0.4, 0.5) is 0 Å². The average molecular weight is 497 g/mol. The third-order valence-corrected chi connectivity index (χ3v) is 6.70. The number of carbonyl (C=O) groups excluding carboxylic acids is 1. The molecule has 0 aliphatic carbocycles. The van der Waals surface area contributed by atoms with Crippen LogP contribution in [0.1, 0.15) is 95.6 Å². The van der Waals surface area contributed by atoms with Crippen molar-refractivity contribution in [2.75, 3.05) is 20.6 Å². The third-order valence-electron chi connectivity index (χ3n) is 6.70. The highest BCUT2D eigenvalue weighted by molar-refractivity contribution is 5.69. The molecule has 0 aromatic heterocycles. The standard InChI is InChI=1S/C32H50NO3/c1-5-7-8-9-10-11-13-18-28-22-24-30(25-23-28)35-32(6-2)36-31(34)21-16-17-26-33(3,4)27-29-19-14-12-15-20-29/h12,14-15,19-20,22-25,32H,5-11,13,16-18,21,26-27H2,1-4H3/q+1. The van der Waals surface area contributed by atoms with Crippen LogP contribution >= 0.6 is 0 Å². The molecule has 0 radical (unpaired) electrons. The van der Waals surface area contributed by atoms with Crippen molar-refractivity contribution >= 4 is 5.97 Å². The zero-order chi connectivity index (χ0) is 26.1. The largest absolute Gasteiger partial charge is 0.455 e. The molecule has 1 atom stereocenters. The van der Waals surface area contributed by atoms with E-state index in [0.29, 0.717) is 12.8 Å². The lowest BCUT2D eigenvalue weighted by Gasteiger charge is -2.30. The second kappa shape index (κ2) is 17.2. The summed E-state index contributed by atoms with van der Waals surface area (Å²) in [6.07, 6.45) is 12.8. The van der Waals surface area contributed by atoms with E-state index < -0.39 is 6.29 Å². The van der Waals surface area contributed by atoms with E-state index in [1.54, 1.807) is 0 Å². The van der Waals surface area contributed by atoms with Gasteiger partial charge in [0, 0.05) is 18.4 Å². The molecule has 36 heavy (non-hydrogen) atoms. The number of nitrogens with zero attached hydrogens (tertiary/aromatic N) is 1. The van der Waals surface area contributed by atoms with Crippen molar-refractivity contribution in [1.82, 2.24) is 0 Å². The Labute approximate surface area is 220 Å². The number of ether oxygens (including phenoxy) is 2. The molecule has 0 fully saturated rings. The molecule has 4 nitrogen and oxygen atoms in total. The molecular weight excluding hydrogens is 446 g/mol. The van der Waals surface area contributed by atoms with E-state index in [0.717, 1.165) is 42.6 Å². The zero-order valence-corrected chi connectivity index (χ0v) is 23.3.